The van der Waals surface area contributed by atoms with Crippen molar-refractivity contribution in [2.24, 2.45) is 0 Å². The number of non-ortho nitro benzene ring substituents is 1. The zero-order chi connectivity index (χ0) is 22.5. The monoisotopic (exact) mass is 421 g/mol. The van der Waals surface area contributed by atoms with E-state index in [1.54, 1.807) is 12.1 Å². The number of carbonyl (C=O) groups is 3. The number of nitrogens with one attached hydrogen (secondary N) is 1. The van der Waals surface area contributed by atoms with Crippen LogP contribution in [-0.4, -0.2) is 36.5 Å². The lowest BCUT2D eigenvalue weighted by atomic mass is 10.1. The van der Waals surface area contributed by atoms with E-state index in [-0.39, 0.29) is 29.3 Å². The lowest BCUT2D eigenvalue weighted by Gasteiger charge is -2.26. The Kier molecular flexibility index (Phi) is 5.97. The molecular weight excluding hydrogens is 406 g/mol. The molecule has 2 aromatic rings. The molecule has 1 fully saturated rings. The van der Waals surface area contributed by atoms with E-state index in [9.17, 15) is 24.5 Å². The van der Waals surface area contributed by atoms with Crippen LogP contribution in [0.5, 0.6) is 11.5 Å². The number of carbonyl (C=O) groups excluding carboxylic acids is 3. The van der Waals surface area contributed by atoms with Crippen LogP contribution in [0.2, 0.25) is 0 Å². The molecule has 10 nitrogen and oxygen atoms in total. The third kappa shape index (κ3) is 4.35. The van der Waals surface area contributed by atoms with E-state index < -0.39 is 22.8 Å². The molecule has 2 aromatic carbocycles. The molecule has 0 spiro atoms. The van der Waals surface area contributed by atoms with Crippen molar-refractivity contribution in [1.29, 1.82) is 0 Å². The fourth-order valence-electron chi connectivity index (χ4n) is 2.80. The predicted octanol–water partition coefficient (Wildman–Crippen LogP) is 2.28. The molecule has 1 aliphatic heterocycles. The molecule has 0 radical (unpaired) electrons. The van der Waals surface area contributed by atoms with Gasteiger partial charge in [0.05, 0.1) is 17.7 Å². The molecular formula is C21H15N3O7. The Morgan fingerprint density at radius 2 is 2.00 bits per heavy atom. The first kappa shape index (κ1) is 21.1. The number of nitro benzene ring substituents is 1. The molecule has 1 saturated heterocycles. The molecule has 156 valence electrons. The number of ether oxygens (including phenoxy) is 2. The second-order valence-electron chi connectivity index (χ2n) is 6.13. The summed E-state index contributed by atoms with van der Waals surface area (Å²) >= 11 is 0. The normalized spacial score (nSPS) is 14.8. The fraction of sp³-hybridized carbons (Fsp3) is 0.0952. The van der Waals surface area contributed by atoms with E-state index in [1.807, 2.05) is 0 Å². The number of anilines is 1. The molecule has 0 saturated carbocycles. The average molecular weight is 421 g/mol. The SMILES string of the molecule is C#CCOc1cc(OC)ccc1/C=C1\C(=O)NC(=O)N(c2cccc([N+](=O)[O-])c2)C1=O. The molecule has 31 heavy (non-hydrogen) atoms. The van der Waals surface area contributed by atoms with E-state index in [2.05, 4.69) is 11.2 Å². The van der Waals surface area contributed by atoms with Crippen molar-refractivity contribution in [3.8, 4) is 23.8 Å². The van der Waals surface area contributed by atoms with Gasteiger partial charge in [0.25, 0.3) is 17.5 Å². The highest BCUT2D eigenvalue weighted by Crippen LogP contribution is 2.29. The minimum absolute atomic E-state index is 0.0614. The Morgan fingerprint density at radius 1 is 1.23 bits per heavy atom. The quantitative estimate of drug-likeness (QED) is 0.249. The van der Waals surface area contributed by atoms with Crippen molar-refractivity contribution in [2.75, 3.05) is 18.6 Å². The highest BCUT2D eigenvalue weighted by Gasteiger charge is 2.37. The van der Waals surface area contributed by atoms with Crippen molar-refractivity contribution in [3.63, 3.8) is 0 Å². The number of benzene rings is 2. The van der Waals surface area contributed by atoms with E-state index >= 15 is 0 Å². The third-order valence-electron chi connectivity index (χ3n) is 4.23. The third-order valence-corrected chi connectivity index (χ3v) is 4.23. The maximum atomic E-state index is 13.0. The van der Waals surface area contributed by atoms with E-state index in [1.165, 1.54) is 37.5 Å². The van der Waals surface area contributed by atoms with Gasteiger partial charge < -0.3 is 9.47 Å². The van der Waals surface area contributed by atoms with Gasteiger partial charge >= 0.3 is 6.03 Å². The van der Waals surface area contributed by atoms with Crippen molar-refractivity contribution >= 4 is 35.3 Å². The molecule has 4 amide bonds. The summed E-state index contributed by atoms with van der Waals surface area (Å²) in [5, 5.41) is 13.1. The number of hydrogen-bond donors (Lipinski definition) is 1. The lowest BCUT2D eigenvalue weighted by Crippen LogP contribution is -2.54. The van der Waals surface area contributed by atoms with Crippen LogP contribution >= 0.6 is 0 Å². The van der Waals surface area contributed by atoms with Gasteiger partial charge in [-0.2, -0.15) is 0 Å². The molecule has 10 heteroatoms. The van der Waals surface area contributed by atoms with Crippen LogP contribution in [0.1, 0.15) is 5.56 Å². The minimum Gasteiger partial charge on any atom is -0.497 e. The van der Waals surface area contributed by atoms with Crippen molar-refractivity contribution in [1.82, 2.24) is 5.32 Å². The number of nitro groups is 1. The molecule has 0 aliphatic carbocycles. The Hall–Kier alpha value is -4.65. The number of hydrogen-bond acceptors (Lipinski definition) is 7. The smallest absolute Gasteiger partial charge is 0.335 e. The van der Waals surface area contributed by atoms with Gasteiger partial charge in [-0.25, -0.2) is 9.69 Å². The Balaban J connectivity index is 2.05. The van der Waals surface area contributed by atoms with Crippen molar-refractivity contribution in [3.05, 3.63) is 63.7 Å². The van der Waals surface area contributed by atoms with Gasteiger partial charge in [0, 0.05) is 23.8 Å². The first-order valence-electron chi connectivity index (χ1n) is 8.76. The fourth-order valence-corrected chi connectivity index (χ4v) is 2.80. The zero-order valence-electron chi connectivity index (χ0n) is 16.2. The van der Waals surface area contributed by atoms with Gasteiger partial charge in [-0.15, -0.1) is 6.42 Å². The van der Waals surface area contributed by atoms with Crippen LogP contribution in [-0.2, 0) is 9.59 Å². The standard InChI is InChI=1S/C21H15N3O7/c1-3-9-31-18-12-16(30-2)8-7-13(18)10-17-19(25)22-21(27)23(20(17)26)14-5-4-6-15(11-14)24(28)29/h1,4-8,10-12H,9H2,2H3,(H,22,25,27)/b17-10+. The summed E-state index contributed by atoms with van der Waals surface area (Å²) in [4.78, 5) is 48.7. The zero-order valence-corrected chi connectivity index (χ0v) is 16.2. The summed E-state index contributed by atoms with van der Waals surface area (Å²) in [5.74, 6) is 1.16. The number of methoxy groups -OCH3 is 1. The number of barbiturate groups is 1. The summed E-state index contributed by atoms with van der Waals surface area (Å²) in [5.41, 5.74) is -0.418. The minimum atomic E-state index is -1.02. The molecule has 1 aliphatic rings. The topological polar surface area (TPSA) is 128 Å². The van der Waals surface area contributed by atoms with E-state index in [4.69, 9.17) is 15.9 Å². The maximum absolute atomic E-state index is 13.0. The Morgan fingerprint density at radius 3 is 2.68 bits per heavy atom. The number of nitrogens with zero attached hydrogens (tertiary/aromatic N) is 2. The van der Waals surface area contributed by atoms with Gasteiger partial charge in [0.2, 0.25) is 0 Å². The summed E-state index contributed by atoms with van der Waals surface area (Å²) in [6, 6.07) is 8.57. The summed E-state index contributed by atoms with van der Waals surface area (Å²) < 4.78 is 10.6. The summed E-state index contributed by atoms with van der Waals surface area (Å²) in [6.07, 6.45) is 6.46. The first-order chi connectivity index (χ1) is 14.8. The molecule has 1 heterocycles. The highest BCUT2D eigenvalue weighted by atomic mass is 16.6. The number of amides is 4. The van der Waals surface area contributed by atoms with Gasteiger partial charge in [-0.3, -0.25) is 25.0 Å². The van der Waals surface area contributed by atoms with Crippen LogP contribution < -0.4 is 19.7 Å². The summed E-state index contributed by atoms with van der Waals surface area (Å²) in [7, 11) is 1.46. The predicted molar refractivity (Wildman–Crippen MR) is 109 cm³/mol. The van der Waals surface area contributed by atoms with E-state index in [0.29, 0.717) is 16.2 Å². The van der Waals surface area contributed by atoms with Gasteiger partial charge in [0.1, 0.15) is 23.7 Å². The molecule has 0 unspecified atom stereocenters. The Bertz CT molecular complexity index is 1160. The summed E-state index contributed by atoms with van der Waals surface area (Å²) in [6.45, 7) is -0.0677. The number of imide groups is 2. The largest absolute Gasteiger partial charge is 0.497 e. The molecule has 0 bridgehead atoms. The number of terminal acetylenes is 1. The lowest BCUT2D eigenvalue weighted by molar-refractivity contribution is -0.384. The number of urea groups is 1. The maximum Gasteiger partial charge on any atom is 0.335 e. The van der Waals surface area contributed by atoms with Crippen molar-refractivity contribution < 1.29 is 28.8 Å². The number of rotatable bonds is 6. The molecule has 3 rings (SSSR count). The second kappa shape index (κ2) is 8.79. The van der Waals surface area contributed by atoms with Crippen LogP contribution in [0.15, 0.2) is 48.0 Å². The highest BCUT2D eigenvalue weighted by molar-refractivity contribution is 6.39. The van der Waals surface area contributed by atoms with Crippen molar-refractivity contribution in [2.45, 2.75) is 0 Å². The van der Waals surface area contributed by atoms with Gasteiger partial charge in [-0.05, 0) is 24.3 Å². The van der Waals surface area contributed by atoms with Crippen LogP contribution in [0.4, 0.5) is 16.2 Å². The molecule has 0 atom stereocenters. The average Bonchev–Trinajstić information content (AvgIpc) is 2.75. The Labute approximate surface area is 176 Å². The van der Waals surface area contributed by atoms with Crippen LogP contribution in [0, 0.1) is 22.5 Å². The molecule has 1 N–H and O–H groups in total. The molecule has 0 aromatic heterocycles. The van der Waals surface area contributed by atoms with E-state index in [0.717, 1.165) is 6.07 Å². The van der Waals surface area contributed by atoms with Crippen LogP contribution in [0.25, 0.3) is 6.08 Å². The first-order valence-corrected chi connectivity index (χ1v) is 8.76. The van der Waals surface area contributed by atoms with Gasteiger partial charge in [-0.1, -0.05) is 12.0 Å². The van der Waals surface area contributed by atoms with Crippen LogP contribution in [0.3, 0.4) is 0 Å². The second-order valence-corrected chi connectivity index (χ2v) is 6.13. The van der Waals surface area contributed by atoms with Gasteiger partial charge in [0.15, 0.2) is 0 Å².